The minimum Gasteiger partial charge on any atom is -0.756 e. The Morgan fingerprint density at radius 1 is 0.788 bits per heavy atom. The number of phosphoric ester groups is 1. The summed E-state index contributed by atoms with van der Waals surface area (Å²) in [5.41, 5.74) is 2.50. The maximum Gasteiger partial charge on any atom is 0.317 e. The van der Waals surface area contributed by atoms with Gasteiger partial charge in [-0.3, -0.25) is 9.36 Å². The quantitative estimate of drug-likeness (QED) is 0.0152. The summed E-state index contributed by atoms with van der Waals surface area (Å²) < 4.78 is 35.4. The van der Waals surface area contributed by atoms with Crippen molar-refractivity contribution in [3.05, 3.63) is 11.6 Å². The van der Waals surface area contributed by atoms with Crippen molar-refractivity contribution in [2.45, 2.75) is 226 Å². The van der Waals surface area contributed by atoms with Gasteiger partial charge in [-0.25, -0.2) is 0 Å². The molecule has 0 aromatic carbocycles. The topological polar surface area (TPSA) is 94.1 Å². The molecule has 0 radical (unpaired) electrons. The molecule has 3 unspecified atom stereocenters. The van der Waals surface area contributed by atoms with Crippen LogP contribution in [0.15, 0.2) is 11.6 Å². The number of ether oxygens (including phenoxy) is 2. The van der Waals surface area contributed by atoms with Crippen LogP contribution in [0.25, 0.3) is 0 Å². The summed E-state index contributed by atoms with van der Waals surface area (Å²) >= 11 is 0. The lowest BCUT2D eigenvalue weighted by molar-refractivity contribution is -0.870. The smallest absolute Gasteiger partial charge is 0.317 e. The van der Waals surface area contributed by atoms with Crippen molar-refractivity contribution in [3.8, 4) is 0 Å². The zero-order chi connectivity index (χ0) is 48.1. The number of esters is 1. The van der Waals surface area contributed by atoms with E-state index in [1.807, 2.05) is 31.9 Å². The zero-order valence-corrected chi connectivity index (χ0v) is 46.6. The number of quaternary nitrogens is 1. The summed E-state index contributed by atoms with van der Waals surface area (Å²) in [5, 5.41) is 0.479. The van der Waals surface area contributed by atoms with Crippen LogP contribution >= 0.6 is 29.4 Å². The molecule has 4 aliphatic carbocycles. The van der Waals surface area contributed by atoms with E-state index < -0.39 is 13.9 Å². The van der Waals surface area contributed by atoms with Crippen molar-refractivity contribution in [1.82, 2.24) is 0 Å². The first-order valence-electron chi connectivity index (χ1n) is 27.6. The Morgan fingerprint density at radius 3 is 2.05 bits per heavy atom. The molecule has 10 atom stereocenters. The Kier molecular flexibility index (Phi) is 26.7. The van der Waals surface area contributed by atoms with Gasteiger partial charge in [0, 0.05) is 11.9 Å². The fraction of sp³-hybridized carbons (Fsp3) is 0.945. The number of nitrogens with zero attached hydrogens (tertiary/aromatic N) is 1. The Bertz CT molecular complexity index is 1440. The van der Waals surface area contributed by atoms with Crippen LogP contribution in [0.4, 0.5) is 0 Å². The molecular formula is C55H102NO7PS2. The summed E-state index contributed by atoms with van der Waals surface area (Å²) in [6, 6.07) is 0. The lowest BCUT2D eigenvalue weighted by Crippen LogP contribution is -2.50. The number of rotatable bonds is 36. The van der Waals surface area contributed by atoms with Gasteiger partial charge >= 0.3 is 5.97 Å². The van der Waals surface area contributed by atoms with Crippen LogP contribution in [0, 0.1) is 46.3 Å². The Morgan fingerprint density at radius 2 is 1.42 bits per heavy atom. The molecule has 0 spiro atoms. The number of carbonyl (C=O) groups is 1. The number of phosphoric acid groups is 1. The number of hydrogen-bond donors (Lipinski definition) is 0. The minimum atomic E-state index is -4.57. The SMILES string of the molecule is CCCCCCCCCCCCCCCCCCOCC(COP(=O)([O-])OCC[N+](C)(C)C)OC(=O)CSSC1CC[C@@]2(C)C(=CC[C@H]3[C@@H]4CC[C@H]([C@H](C)CCCC(C)C)[C@@]4(C)CC[C@@H]32)C1. The fourth-order valence-corrected chi connectivity index (χ4v) is 16.0. The molecule has 0 heterocycles. The van der Waals surface area contributed by atoms with E-state index >= 15 is 0 Å². The third-order valence-electron chi connectivity index (χ3n) is 16.8. The average molecular weight is 985 g/mol. The van der Waals surface area contributed by atoms with E-state index in [4.69, 9.17) is 18.5 Å². The van der Waals surface area contributed by atoms with Gasteiger partial charge in [0.2, 0.25) is 0 Å². The molecule has 3 fully saturated rings. The predicted molar refractivity (Wildman–Crippen MR) is 280 cm³/mol. The van der Waals surface area contributed by atoms with E-state index in [0.29, 0.717) is 33.7 Å². The second-order valence-electron chi connectivity index (χ2n) is 23.6. The molecule has 0 aromatic heterocycles. The highest BCUT2D eigenvalue weighted by molar-refractivity contribution is 8.77. The molecule has 4 aliphatic rings. The maximum absolute atomic E-state index is 13.2. The number of unbranched alkanes of at least 4 members (excludes halogenated alkanes) is 15. The third kappa shape index (κ3) is 20.2. The Hall–Kier alpha value is -0.0600. The predicted octanol–water partition coefficient (Wildman–Crippen LogP) is 15.2. The van der Waals surface area contributed by atoms with Gasteiger partial charge in [-0.15, -0.1) is 0 Å². The lowest BCUT2D eigenvalue weighted by Gasteiger charge is -2.58. The molecule has 386 valence electrons. The second kappa shape index (κ2) is 30.1. The zero-order valence-electron chi connectivity index (χ0n) is 44.1. The Balaban J connectivity index is 1.16. The van der Waals surface area contributed by atoms with Crippen molar-refractivity contribution in [2.24, 2.45) is 46.3 Å². The largest absolute Gasteiger partial charge is 0.756 e. The molecule has 8 nitrogen and oxygen atoms in total. The third-order valence-corrected chi connectivity index (χ3v) is 20.5. The first-order valence-corrected chi connectivity index (χ1v) is 31.5. The van der Waals surface area contributed by atoms with E-state index in [1.54, 1.807) is 16.4 Å². The fourth-order valence-electron chi connectivity index (χ4n) is 12.9. The van der Waals surface area contributed by atoms with Crippen molar-refractivity contribution in [2.75, 3.05) is 59.9 Å². The molecule has 4 rings (SSSR count). The van der Waals surface area contributed by atoms with Crippen molar-refractivity contribution >= 4 is 35.4 Å². The summed E-state index contributed by atoms with van der Waals surface area (Å²) in [5.74, 6) is 4.87. The minimum absolute atomic E-state index is 0.0231. The van der Waals surface area contributed by atoms with E-state index in [-0.39, 0.29) is 31.5 Å². The van der Waals surface area contributed by atoms with Crippen LogP contribution in [0.1, 0.15) is 215 Å². The number of hydrogen-bond acceptors (Lipinski definition) is 9. The lowest BCUT2D eigenvalue weighted by atomic mass is 9.47. The summed E-state index contributed by atoms with van der Waals surface area (Å²) in [7, 11) is 4.75. The number of likely N-dealkylation sites (N-methyl/N-ethyl adjacent to an activating group) is 1. The van der Waals surface area contributed by atoms with Crippen LogP contribution < -0.4 is 4.89 Å². The van der Waals surface area contributed by atoms with E-state index in [0.717, 1.165) is 54.8 Å². The number of fused-ring (bicyclic) bond motifs is 5. The maximum atomic E-state index is 13.2. The monoisotopic (exact) mass is 984 g/mol. The van der Waals surface area contributed by atoms with Gasteiger partial charge in [-0.05, 0) is 104 Å². The van der Waals surface area contributed by atoms with E-state index in [1.165, 1.54) is 154 Å². The van der Waals surface area contributed by atoms with Crippen LogP contribution in [0.3, 0.4) is 0 Å². The molecule has 66 heavy (non-hydrogen) atoms. The molecule has 11 heteroatoms. The van der Waals surface area contributed by atoms with Gasteiger partial charge < -0.3 is 27.9 Å². The number of carbonyl (C=O) groups excluding carboxylic acids is 1. The highest BCUT2D eigenvalue weighted by Crippen LogP contribution is 2.68. The summed E-state index contributed by atoms with van der Waals surface area (Å²) in [4.78, 5) is 25.9. The highest BCUT2D eigenvalue weighted by Gasteiger charge is 2.59. The average Bonchev–Trinajstić information content (AvgIpc) is 3.61. The van der Waals surface area contributed by atoms with Gasteiger partial charge in [-0.2, -0.15) is 0 Å². The first kappa shape index (κ1) is 58.5. The molecule has 3 saturated carbocycles. The number of allylic oxidation sites excluding steroid dienone is 2. The van der Waals surface area contributed by atoms with Crippen LogP contribution in [-0.2, 0) is 27.9 Å². The van der Waals surface area contributed by atoms with E-state index in [9.17, 15) is 14.3 Å². The molecule has 0 saturated heterocycles. The molecule has 0 aromatic rings. The van der Waals surface area contributed by atoms with Gasteiger partial charge in [0.05, 0.1) is 34.4 Å². The van der Waals surface area contributed by atoms with Gasteiger partial charge in [-0.1, -0.05) is 190 Å². The second-order valence-corrected chi connectivity index (χ2v) is 27.7. The van der Waals surface area contributed by atoms with Crippen LogP contribution in [0.2, 0.25) is 0 Å². The molecule has 0 bridgehead atoms. The van der Waals surface area contributed by atoms with Crippen molar-refractivity contribution < 1.29 is 37.3 Å². The summed E-state index contributed by atoms with van der Waals surface area (Å²) in [6.45, 7) is 15.7. The molecule has 0 aliphatic heterocycles. The van der Waals surface area contributed by atoms with Crippen LogP contribution in [0.5, 0.6) is 0 Å². The van der Waals surface area contributed by atoms with Gasteiger partial charge in [0.15, 0.2) is 0 Å². The van der Waals surface area contributed by atoms with Gasteiger partial charge in [0.25, 0.3) is 7.82 Å². The van der Waals surface area contributed by atoms with E-state index in [2.05, 4.69) is 47.6 Å². The Labute approximate surface area is 414 Å². The van der Waals surface area contributed by atoms with Gasteiger partial charge in [0.1, 0.15) is 25.0 Å². The summed E-state index contributed by atoms with van der Waals surface area (Å²) in [6.07, 6.45) is 37.4. The van der Waals surface area contributed by atoms with Crippen LogP contribution in [-0.4, -0.2) is 81.7 Å². The van der Waals surface area contributed by atoms with Crippen molar-refractivity contribution in [1.29, 1.82) is 0 Å². The molecular weight excluding hydrogens is 882 g/mol. The highest BCUT2D eigenvalue weighted by atomic mass is 33.1. The molecule has 0 amide bonds. The molecule has 0 N–H and O–H groups in total. The normalized spacial score (nSPS) is 28.3. The standard InChI is InChI=1S/C55H102NO7PS2/c1-10-11-12-13-14-15-16-17-18-19-20-21-22-23-24-25-38-60-41-47(42-62-64(58,59)61-39-37-56(7,8)9)63-53(57)43-65-66-48-33-35-54(5)46(40-48)29-30-49-51-32-31-50(45(4)28-26-27-44(2)3)55(51,6)36-34-52(49)54/h29,44-45,47-52H,10-28,30-43H2,1-9H3/t45-,47?,48?,49+,50-,51+,52+,54+,55-/m1/s1. The van der Waals surface area contributed by atoms with Crippen molar-refractivity contribution in [3.63, 3.8) is 0 Å². The first-order chi connectivity index (χ1) is 31.5.